The van der Waals surface area contributed by atoms with E-state index in [1.54, 1.807) is 4.90 Å². The van der Waals surface area contributed by atoms with E-state index in [1.165, 1.54) is 42.7 Å². The van der Waals surface area contributed by atoms with Crippen molar-refractivity contribution >= 4 is 39.1 Å². The van der Waals surface area contributed by atoms with Gasteiger partial charge in [-0.25, -0.2) is 8.42 Å². The summed E-state index contributed by atoms with van der Waals surface area (Å²) in [5, 5.41) is 0.424. The molecule has 8 nitrogen and oxygen atoms in total. The molecule has 1 aliphatic rings. The van der Waals surface area contributed by atoms with Gasteiger partial charge >= 0.3 is 0 Å². The summed E-state index contributed by atoms with van der Waals surface area (Å²) in [6, 6.07) is 7.16. The Morgan fingerprint density at radius 3 is 2.39 bits per heavy atom. The number of rotatable bonds is 5. The van der Waals surface area contributed by atoms with Gasteiger partial charge in [0.05, 0.1) is 22.3 Å². The highest BCUT2D eigenvalue weighted by atomic mass is 35.5. The van der Waals surface area contributed by atoms with E-state index in [-0.39, 0.29) is 33.9 Å². The number of amides is 2. The lowest BCUT2D eigenvalue weighted by Crippen LogP contribution is -2.41. The number of nitrogens with one attached hydrogen (secondary N) is 1. The number of hydrogen-bond donors (Lipinski definition) is 2. The van der Waals surface area contributed by atoms with Crippen LogP contribution in [-0.2, 0) is 14.8 Å². The maximum Gasteiger partial charge on any atom is 0.261 e. The highest BCUT2D eigenvalue weighted by molar-refractivity contribution is 7.92. The number of halogens is 1. The fraction of sp³-hybridized carbons (Fsp3) is 0.278. The van der Waals surface area contributed by atoms with Gasteiger partial charge in [-0.15, -0.1) is 0 Å². The molecule has 0 atom stereocenters. The molecule has 1 saturated heterocycles. The number of anilines is 1. The second-order valence-electron chi connectivity index (χ2n) is 6.49. The highest BCUT2D eigenvalue weighted by Crippen LogP contribution is 2.21. The number of carbonyl (C=O) groups excluding carboxylic acids is 2. The molecule has 0 bridgehead atoms. The number of piperidine rings is 1. The van der Waals surface area contributed by atoms with Gasteiger partial charge in [-0.2, -0.15) is 0 Å². The Bertz CT molecular complexity index is 987. The van der Waals surface area contributed by atoms with Crippen LogP contribution in [-0.4, -0.2) is 43.2 Å². The van der Waals surface area contributed by atoms with Crippen LogP contribution in [0.4, 0.5) is 5.69 Å². The quantitative estimate of drug-likeness (QED) is 0.761. The van der Waals surface area contributed by atoms with E-state index in [1.807, 2.05) is 0 Å². The molecule has 28 heavy (non-hydrogen) atoms. The van der Waals surface area contributed by atoms with Gasteiger partial charge < -0.3 is 10.6 Å². The second-order valence-corrected chi connectivity index (χ2v) is 8.61. The van der Waals surface area contributed by atoms with E-state index < -0.39 is 10.0 Å². The van der Waals surface area contributed by atoms with Gasteiger partial charge in [0.25, 0.3) is 15.9 Å². The van der Waals surface area contributed by atoms with Crippen LogP contribution in [0, 0.1) is 5.92 Å². The van der Waals surface area contributed by atoms with Crippen molar-refractivity contribution in [3.8, 4) is 0 Å². The standard InChI is InChI=1S/C18H19ClN4O4S/c19-14-1-3-16(4-2-14)28(26,27)22-15-9-13(10-21-11-15)18(25)23-7-5-12(6-8-23)17(20)24/h1-4,9-12,22H,5-8H2,(H2,20,24). The molecule has 2 heterocycles. The lowest BCUT2D eigenvalue weighted by atomic mass is 9.96. The van der Waals surface area contributed by atoms with Crippen LogP contribution >= 0.6 is 11.6 Å². The van der Waals surface area contributed by atoms with Crippen molar-refractivity contribution in [3.63, 3.8) is 0 Å². The monoisotopic (exact) mass is 422 g/mol. The van der Waals surface area contributed by atoms with E-state index in [2.05, 4.69) is 9.71 Å². The van der Waals surface area contributed by atoms with E-state index >= 15 is 0 Å². The van der Waals surface area contributed by atoms with Crippen molar-refractivity contribution in [2.45, 2.75) is 17.7 Å². The molecule has 0 aliphatic carbocycles. The Balaban J connectivity index is 1.72. The predicted octanol–water partition coefficient (Wildman–Crippen LogP) is 1.87. The molecule has 3 rings (SSSR count). The summed E-state index contributed by atoms with van der Waals surface area (Å²) in [4.78, 5) is 29.5. The van der Waals surface area contributed by atoms with Gasteiger partial charge in [0.15, 0.2) is 0 Å². The molecular formula is C18H19ClN4O4S. The molecule has 2 aromatic rings. The van der Waals surface area contributed by atoms with E-state index in [0.717, 1.165) is 0 Å². The third-order valence-corrected chi connectivity index (χ3v) is 6.20. The Morgan fingerprint density at radius 1 is 1.14 bits per heavy atom. The van der Waals surface area contributed by atoms with Gasteiger partial charge in [-0.3, -0.25) is 19.3 Å². The topological polar surface area (TPSA) is 122 Å². The molecule has 2 amide bonds. The minimum atomic E-state index is -3.84. The zero-order chi connectivity index (χ0) is 20.3. The number of sulfonamides is 1. The Morgan fingerprint density at radius 2 is 1.79 bits per heavy atom. The second kappa shape index (κ2) is 8.15. The summed E-state index contributed by atoms with van der Waals surface area (Å²) in [5.74, 6) is -0.852. The molecule has 1 fully saturated rings. The molecule has 1 aromatic heterocycles. The van der Waals surface area contributed by atoms with Crippen LogP contribution in [0.2, 0.25) is 5.02 Å². The minimum absolute atomic E-state index is 0.0437. The minimum Gasteiger partial charge on any atom is -0.369 e. The SMILES string of the molecule is NC(=O)C1CCN(C(=O)c2cncc(NS(=O)(=O)c3ccc(Cl)cc3)c2)CC1. The van der Waals surface area contributed by atoms with Crippen molar-refractivity contribution < 1.29 is 18.0 Å². The number of nitrogens with zero attached hydrogens (tertiary/aromatic N) is 2. The highest BCUT2D eigenvalue weighted by Gasteiger charge is 2.27. The number of benzene rings is 1. The van der Waals surface area contributed by atoms with Gasteiger partial charge in [0.2, 0.25) is 5.91 Å². The maximum absolute atomic E-state index is 12.7. The first-order chi connectivity index (χ1) is 13.3. The van der Waals surface area contributed by atoms with Crippen molar-refractivity contribution in [1.29, 1.82) is 0 Å². The summed E-state index contributed by atoms with van der Waals surface area (Å²) < 4.78 is 27.4. The number of hydrogen-bond acceptors (Lipinski definition) is 5. The number of nitrogens with two attached hydrogens (primary N) is 1. The van der Waals surface area contributed by atoms with Crippen LogP contribution < -0.4 is 10.5 Å². The lowest BCUT2D eigenvalue weighted by Gasteiger charge is -2.30. The molecule has 1 aliphatic heterocycles. The van der Waals surface area contributed by atoms with Gasteiger partial charge in [0.1, 0.15) is 0 Å². The Kier molecular flexibility index (Phi) is 5.85. The number of aromatic nitrogens is 1. The summed E-state index contributed by atoms with van der Waals surface area (Å²) in [5.41, 5.74) is 5.74. The molecule has 0 unspecified atom stereocenters. The average Bonchev–Trinajstić information content (AvgIpc) is 2.67. The summed E-state index contributed by atoms with van der Waals surface area (Å²) in [7, 11) is -3.84. The van der Waals surface area contributed by atoms with Crippen molar-refractivity contribution in [2.75, 3.05) is 17.8 Å². The van der Waals surface area contributed by atoms with Crippen molar-refractivity contribution in [1.82, 2.24) is 9.88 Å². The first-order valence-corrected chi connectivity index (χ1v) is 10.4. The van der Waals surface area contributed by atoms with Crippen LogP contribution in [0.1, 0.15) is 23.2 Å². The molecular weight excluding hydrogens is 404 g/mol. The Hall–Kier alpha value is -2.65. The zero-order valence-electron chi connectivity index (χ0n) is 14.8. The summed E-state index contributed by atoms with van der Waals surface area (Å²) in [6.45, 7) is 0.820. The number of likely N-dealkylation sites (tertiary alicyclic amines) is 1. The van der Waals surface area contributed by atoms with E-state index in [9.17, 15) is 18.0 Å². The fourth-order valence-corrected chi connectivity index (χ4v) is 4.15. The van der Waals surface area contributed by atoms with Gasteiger partial charge in [-0.05, 0) is 43.2 Å². The van der Waals surface area contributed by atoms with Crippen LogP contribution in [0.15, 0.2) is 47.6 Å². The lowest BCUT2D eigenvalue weighted by molar-refractivity contribution is -0.123. The smallest absolute Gasteiger partial charge is 0.261 e. The van der Waals surface area contributed by atoms with E-state index in [0.29, 0.717) is 31.0 Å². The summed E-state index contributed by atoms with van der Waals surface area (Å²) in [6.07, 6.45) is 3.72. The van der Waals surface area contributed by atoms with Crippen molar-refractivity contribution in [3.05, 3.63) is 53.3 Å². The molecule has 0 radical (unpaired) electrons. The average molecular weight is 423 g/mol. The largest absolute Gasteiger partial charge is 0.369 e. The number of carbonyl (C=O) groups is 2. The third-order valence-electron chi connectivity index (χ3n) is 4.55. The fourth-order valence-electron chi connectivity index (χ4n) is 2.99. The number of primary amides is 1. The van der Waals surface area contributed by atoms with Crippen molar-refractivity contribution in [2.24, 2.45) is 11.7 Å². The number of pyridine rings is 1. The molecule has 0 spiro atoms. The maximum atomic E-state index is 12.7. The summed E-state index contributed by atoms with van der Waals surface area (Å²) >= 11 is 5.78. The normalized spacial score (nSPS) is 15.2. The molecule has 0 saturated carbocycles. The molecule has 1 aromatic carbocycles. The first kappa shape index (κ1) is 20.1. The molecule has 10 heteroatoms. The molecule has 148 valence electrons. The van der Waals surface area contributed by atoms with Gasteiger partial charge in [0, 0.05) is 30.2 Å². The van der Waals surface area contributed by atoms with Crippen LogP contribution in [0.3, 0.4) is 0 Å². The third kappa shape index (κ3) is 4.60. The Labute approximate surface area is 167 Å². The van der Waals surface area contributed by atoms with E-state index in [4.69, 9.17) is 17.3 Å². The molecule has 3 N–H and O–H groups in total. The van der Waals surface area contributed by atoms with Crippen LogP contribution in [0.25, 0.3) is 0 Å². The van der Waals surface area contributed by atoms with Crippen LogP contribution in [0.5, 0.6) is 0 Å². The van der Waals surface area contributed by atoms with Gasteiger partial charge in [-0.1, -0.05) is 11.6 Å². The zero-order valence-corrected chi connectivity index (χ0v) is 16.4. The predicted molar refractivity (Wildman–Crippen MR) is 104 cm³/mol. The first-order valence-electron chi connectivity index (χ1n) is 8.58.